The Bertz CT molecular complexity index is 494. The lowest BCUT2D eigenvalue weighted by molar-refractivity contribution is -0.123. The molecule has 0 radical (unpaired) electrons. The minimum atomic E-state index is -0.483. The summed E-state index contributed by atoms with van der Waals surface area (Å²) >= 11 is 0. The van der Waals surface area contributed by atoms with Gasteiger partial charge in [0.1, 0.15) is 5.75 Å². The molecular formula is C16H26ClN3O3. The molecule has 1 rings (SSSR count). The molecule has 0 bridgehead atoms. The van der Waals surface area contributed by atoms with E-state index in [1.54, 1.807) is 24.3 Å². The predicted molar refractivity (Wildman–Crippen MR) is 92.8 cm³/mol. The SMILES string of the molecule is CCC(CC)(CN)NC(=O)CCOc1ccc(C(N)=O)cc1.Cl. The summed E-state index contributed by atoms with van der Waals surface area (Å²) in [6.45, 7) is 4.69. The number of primary amides is 1. The third kappa shape index (κ3) is 6.46. The minimum absolute atomic E-state index is 0. The number of hydrogen-bond acceptors (Lipinski definition) is 4. The summed E-state index contributed by atoms with van der Waals surface area (Å²) in [6, 6.07) is 6.48. The Morgan fingerprint density at radius 2 is 1.74 bits per heavy atom. The van der Waals surface area contributed by atoms with Crippen LogP contribution in [0.2, 0.25) is 0 Å². The molecular weight excluding hydrogens is 318 g/mol. The van der Waals surface area contributed by atoms with Gasteiger partial charge < -0.3 is 21.5 Å². The normalized spacial score (nSPS) is 10.6. The number of halogens is 1. The molecule has 130 valence electrons. The molecule has 5 N–H and O–H groups in total. The Morgan fingerprint density at radius 3 is 2.17 bits per heavy atom. The second-order valence-electron chi connectivity index (χ2n) is 5.23. The van der Waals surface area contributed by atoms with Crippen LogP contribution in [0.3, 0.4) is 0 Å². The Kier molecular flexibility index (Phi) is 9.29. The van der Waals surface area contributed by atoms with Crippen molar-refractivity contribution in [1.29, 1.82) is 0 Å². The Hall–Kier alpha value is -1.79. The Morgan fingerprint density at radius 1 is 1.17 bits per heavy atom. The number of rotatable bonds is 9. The molecule has 0 saturated carbocycles. The number of benzene rings is 1. The molecule has 0 aliphatic heterocycles. The van der Waals surface area contributed by atoms with Gasteiger partial charge in [0.15, 0.2) is 0 Å². The second kappa shape index (κ2) is 10.1. The van der Waals surface area contributed by atoms with Crippen LogP contribution >= 0.6 is 12.4 Å². The summed E-state index contributed by atoms with van der Waals surface area (Å²) in [4.78, 5) is 22.9. The number of hydrogen-bond donors (Lipinski definition) is 3. The van der Waals surface area contributed by atoms with Crippen molar-refractivity contribution < 1.29 is 14.3 Å². The average molecular weight is 344 g/mol. The Balaban J connectivity index is 0.00000484. The van der Waals surface area contributed by atoms with E-state index in [1.807, 2.05) is 13.8 Å². The first-order valence-electron chi connectivity index (χ1n) is 7.50. The van der Waals surface area contributed by atoms with Crippen LogP contribution in [0.4, 0.5) is 0 Å². The standard InChI is InChI=1S/C16H25N3O3.ClH/c1-3-16(4-2,11-17)19-14(20)9-10-22-13-7-5-12(6-8-13)15(18)21;/h5-8H,3-4,9-11,17H2,1-2H3,(H2,18,21)(H,19,20);1H. The molecule has 1 aromatic rings. The fourth-order valence-electron chi connectivity index (χ4n) is 2.10. The van der Waals surface area contributed by atoms with E-state index < -0.39 is 5.91 Å². The first-order valence-corrected chi connectivity index (χ1v) is 7.50. The molecule has 0 spiro atoms. The van der Waals surface area contributed by atoms with E-state index in [9.17, 15) is 9.59 Å². The molecule has 6 nitrogen and oxygen atoms in total. The topological polar surface area (TPSA) is 107 Å². The molecule has 0 aliphatic carbocycles. The largest absolute Gasteiger partial charge is 0.493 e. The summed E-state index contributed by atoms with van der Waals surface area (Å²) in [5.74, 6) is 0.0277. The summed E-state index contributed by atoms with van der Waals surface area (Å²) in [5.41, 5.74) is 11.0. The monoisotopic (exact) mass is 343 g/mol. The van der Waals surface area contributed by atoms with Crippen molar-refractivity contribution >= 4 is 24.2 Å². The van der Waals surface area contributed by atoms with Crippen molar-refractivity contribution in [2.24, 2.45) is 11.5 Å². The van der Waals surface area contributed by atoms with Gasteiger partial charge in [-0.15, -0.1) is 12.4 Å². The van der Waals surface area contributed by atoms with Gasteiger partial charge in [0.25, 0.3) is 0 Å². The molecule has 0 fully saturated rings. The van der Waals surface area contributed by atoms with Crippen LogP contribution in [0, 0.1) is 0 Å². The van der Waals surface area contributed by atoms with E-state index in [1.165, 1.54) is 0 Å². The Labute approximate surface area is 143 Å². The maximum Gasteiger partial charge on any atom is 0.248 e. The van der Waals surface area contributed by atoms with E-state index in [0.717, 1.165) is 12.8 Å². The highest BCUT2D eigenvalue weighted by Gasteiger charge is 2.25. The number of nitrogens with two attached hydrogens (primary N) is 2. The van der Waals surface area contributed by atoms with Gasteiger partial charge in [0, 0.05) is 12.1 Å². The molecule has 1 aromatic carbocycles. The highest BCUT2D eigenvalue weighted by molar-refractivity contribution is 5.92. The van der Waals surface area contributed by atoms with Crippen molar-refractivity contribution in [3.8, 4) is 5.75 Å². The van der Waals surface area contributed by atoms with E-state index in [4.69, 9.17) is 16.2 Å². The van der Waals surface area contributed by atoms with Gasteiger partial charge >= 0.3 is 0 Å². The van der Waals surface area contributed by atoms with E-state index in [-0.39, 0.29) is 36.9 Å². The van der Waals surface area contributed by atoms with Crippen LogP contribution in [-0.2, 0) is 4.79 Å². The van der Waals surface area contributed by atoms with Crippen molar-refractivity contribution in [3.05, 3.63) is 29.8 Å². The molecule has 2 amide bonds. The third-order valence-electron chi connectivity index (χ3n) is 3.89. The van der Waals surface area contributed by atoms with E-state index in [0.29, 0.717) is 17.9 Å². The molecule has 7 heteroatoms. The molecule has 0 aromatic heterocycles. The summed E-state index contributed by atoms with van der Waals surface area (Å²) in [7, 11) is 0. The van der Waals surface area contributed by atoms with Crippen LogP contribution in [-0.4, -0.2) is 30.5 Å². The zero-order valence-corrected chi connectivity index (χ0v) is 14.4. The van der Waals surface area contributed by atoms with Gasteiger partial charge in [-0.25, -0.2) is 0 Å². The van der Waals surface area contributed by atoms with Crippen molar-refractivity contribution in [2.75, 3.05) is 13.2 Å². The molecule has 0 heterocycles. The van der Waals surface area contributed by atoms with Gasteiger partial charge in [-0.3, -0.25) is 9.59 Å². The van der Waals surface area contributed by atoms with Gasteiger partial charge in [-0.05, 0) is 37.1 Å². The van der Waals surface area contributed by atoms with Crippen LogP contribution < -0.4 is 21.5 Å². The van der Waals surface area contributed by atoms with E-state index in [2.05, 4.69) is 5.32 Å². The molecule has 0 unspecified atom stereocenters. The van der Waals surface area contributed by atoms with E-state index >= 15 is 0 Å². The van der Waals surface area contributed by atoms with Crippen molar-refractivity contribution in [3.63, 3.8) is 0 Å². The zero-order valence-electron chi connectivity index (χ0n) is 13.6. The maximum atomic E-state index is 12.0. The number of nitrogens with one attached hydrogen (secondary N) is 1. The van der Waals surface area contributed by atoms with Crippen molar-refractivity contribution in [1.82, 2.24) is 5.32 Å². The first kappa shape index (κ1) is 21.2. The molecule has 0 atom stereocenters. The summed E-state index contributed by atoms with van der Waals surface area (Å²) < 4.78 is 5.48. The van der Waals surface area contributed by atoms with Crippen LogP contribution in [0.5, 0.6) is 5.75 Å². The second-order valence-corrected chi connectivity index (χ2v) is 5.23. The number of amides is 2. The number of ether oxygens (including phenoxy) is 1. The van der Waals surface area contributed by atoms with Gasteiger partial charge in [-0.1, -0.05) is 13.8 Å². The average Bonchev–Trinajstić information content (AvgIpc) is 2.53. The zero-order chi connectivity index (χ0) is 16.6. The highest BCUT2D eigenvalue weighted by Crippen LogP contribution is 2.14. The van der Waals surface area contributed by atoms with Crippen molar-refractivity contribution in [2.45, 2.75) is 38.6 Å². The fourth-order valence-corrected chi connectivity index (χ4v) is 2.10. The molecule has 0 aliphatic rings. The lowest BCUT2D eigenvalue weighted by atomic mass is 9.93. The maximum absolute atomic E-state index is 12.0. The minimum Gasteiger partial charge on any atom is -0.493 e. The summed E-state index contributed by atoms with van der Waals surface area (Å²) in [6.07, 6.45) is 1.83. The highest BCUT2D eigenvalue weighted by atomic mass is 35.5. The van der Waals surface area contributed by atoms with Crippen LogP contribution in [0.25, 0.3) is 0 Å². The number of carbonyl (C=O) groups excluding carboxylic acids is 2. The van der Waals surface area contributed by atoms with Crippen LogP contribution in [0.1, 0.15) is 43.5 Å². The third-order valence-corrected chi connectivity index (χ3v) is 3.89. The lowest BCUT2D eigenvalue weighted by Gasteiger charge is -2.31. The molecule has 23 heavy (non-hydrogen) atoms. The summed E-state index contributed by atoms with van der Waals surface area (Å²) in [5, 5.41) is 2.98. The van der Waals surface area contributed by atoms with Gasteiger partial charge in [0.05, 0.1) is 18.6 Å². The van der Waals surface area contributed by atoms with Crippen LogP contribution in [0.15, 0.2) is 24.3 Å². The quantitative estimate of drug-likeness (QED) is 0.633. The van der Waals surface area contributed by atoms with Gasteiger partial charge in [0.2, 0.25) is 11.8 Å². The van der Waals surface area contributed by atoms with Gasteiger partial charge in [-0.2, -0.15) is 0 Å². The predicted octanol–water partition coefficient (Wildman–Crippen LogP) is 1.61. The molecule has 0 saturated heterocycles. The number of carbonyl (C=O) groups is 2. The fraction of sp³-hybridized carbons (Fsp3) is 0.500. The lowest BCUT2D eigenvalue weighted by Crippen LogP contribution is -2.53. The first-order chi connectivity index (χ1) is 10.5. The smallest absolute Gasteiger partial charge is 0.248 e.